The first-order valence-electron chi connectivity index (χ1n) is 4.03. The van der Waals surface area contributed by atoms with Crippen molar-refractivity contribution in [2.75, 3.05) is 34.8 Å². The summed E-state index contributed by atoms with van der Waals surface area (Å²) in [5, 5.41) is 8.64. The van der Waals surface area contributed by atoms with E-state index in [4.69, 9.17) is 5.11 Å². The van der Waals surface area contributed by atoms with Crippen molar-refractivity contribution in [2.24, 2.45) is 0 Å². The van der Waals surface area contributed by atoms with Crippen molar-refractivity contribution in [3.8, 4) is 0 Å². The summed E-state index contributed by atoms with van der Waals surface area (Å²) in [5.74, 6) is 0. The first kappa shape index (κ1) is 10.9. The fourth-order valence-electron chi connectivity index (χ4n) is 1.25. The lowest BCUT2D eigenvalue weighted by Crippen LogP contribution is -2.40. The Morgan fingerprint density at radius 3 is 1.82 bits per heavy atom. The van der Waals surface area contributed by atoms with E-state index < -0.39 is 0 Å². The van der Waals surface area contributed by atoms with E-state index in [9.17, 15) is 0 Å². The number of nitrogens with zero attached hydrogens (tertiary/aromatic N) is 2. The van der Waals surface area contributed by atoms with Crippen LogP contribution in [0, 0.1) is 0 Å². The molecule has 0 aromatic heterocycles. The van der Waals surface area contributed by atoms with E-state index in [1.165, 1.54) is 0 Å². The number of aliphatic hydroxyl groups is 1. The highest BCUT2D eigenvalue weighted by Crippen LogP contribution is 2.04. The van der Waals surface area contributed by atoms with Crippen molar-refractivity contribution >= 4 is 0 Å². The summed E-state index contributed by atoms with van der Waals surface area (Å²) < 4.78 is 0. The molecule has 0 atom stereocenters. The number of rotatable bonds is 5. The molecule has 0 bridgehead atoms. The zero-order valence-corrected chi connectivity index (χ0v) is 8.04. The number of aliphatic hydroxyl groups excluding tert-OH is 1. The van der Waals surface area contributed by atoms with Gasteiger partial charge in [-0.05, 0) is 41.0 Å². The molecule has 3 heteroatoms. The van der Waals surface area contributed by atoms with E-state index in [0.29, 0.717) is 6.17 Å². The second kappa shape index (κ2) is 5.52. The SMILES string of the molecule is CN(C)C(CCCO)N(C)C. The minimum atomic E-state index is 0.290. The average molecular weight is 160 g/mol. The molecule has 68 valence electrons. The molecule has 0 heterocycles. The van der Waals surface area contributed by atoms with Crippen LogP contribution in [-0.2, 0) is 0 Å². The molecule has 0 aliphatic carbocycles. The van der Waals surface area contributed by atoms with Crippen LogP contribution < -0.4 is 0 Å². The summed E-state index contributed by atoms with van der Waals surface area (Å²) >= 11 is 0. The Morgan fingerprint density at radius 1 is 1.09 bits per heavy atom. The van der Waals surface area contributed by atoms with E-state index in [-0.39, 0.29) is 6.61 Å². The van der Waals surface area contributed by atoms with Crippen LogP contribution in [0.3, 0.4) is 0 Å². The third-order valence-electron chi connectivity index (χ3n) is 1.81. The minimum absolute atomic E-state index is 0.290. The predicted molar refractivity (Wildman–Crippen MR) is 47.5 cm³/mol. The molecular formula is C8H20N2O. The van der Waals surface area contributed by atoms with Crippen LogP contribution in [0.5, 0.6) is 0 Å². The van der Waals surface area contributed by atoms with Gasteiger partial charge in [0.2, 0.25) is 0 Å². The van der Waals surface area contributed by atoms with E-state index in [2.05, 4.69) is 38.0 Å². The third kappa shape index (κ3) is 4.35. The Morgan fingerprint density at radius 2 is 1.55 bits per heavy atom. The van der Waals surface area contributed by atoms with Crippen molar-refractivity contribution in [3.63, 3.8) is 0 Å². The molecular weight excluding hydrogens is 140 g/mol. The van der Waals surface area contributed by atoms with E-state index in [1.54, 1.807) is 0 Å². The quantitative estimate of drug-likeness (QED) is 0.582. The average Bonchev–Trinajstić information content (AvgIpc) is 1.87. The van der Waals surface area contributed by atoms with Crippen LogP contribution in [0.1, 0.15) is 12.8 Å². The molecule has 11 heavy (non-hydrogen) atoms. The van der Waals surface area contributed by atoms with Gasteiger partial charge in [-0.1, -0.05) is 0 Å². The fraction of sp³-hybridized carbons (Fsp3) is 1.00. The summed E-state index contributed by atoms with van der Waals surface area (Å²) in [6, 6.07) is 0. The smallest absolute Gasteiger partial charge is 0.0613 e. The molecule has 0 fully saturated rings. The summed E-state index contributed by atoms with van der Waals surface area (Å²) in [4.78, 5) is 4.32. The van der Waals surface area contributed by atoms with Crippen molar-refractivity contribution < 1.29 is 5.11 Å². The predicted octanol–water partition coefficient (Wildman–Crippen LogP) is 0.208. The molecule has 0 aromatic rings. The Balaban J connectivity index is 3.70. The van der Waals surface area contributed by atoms with Crippen molar-refractivity contribution in [2.45, 2.75) is 19.0 Å². The van der Waals surface area contributed by atoms with Gasteiger partial charge in [-0.25, -0.2) is 0 Å². The van der Waals surface area contributed by atoms with E-state index in [1.807, 2.05) is 0 Å². The Hall–Kier alpha value is -0.120. The molecule has 0 saturated heterocycles. The molecule has 0 aliphatic heterocycles. The first-order chi connectivity index (χ1) is 5.09. The van der Waals surface area contributed by atoms with Gasteiger partial charge < -0.3 is 5.11 Å². The molecule has 0 saturated carbocycles. The molecule has 3 nitrogen and oxygen atoms in total. The maximum Gasteiger partial charge on any atom is 0.0613 e. The summed E-state index contributed by atoms with van der Waals surface area (Å²) in [6.45, 7) is 0.290. The molecule has 0 amide bonds. The molecule has 0 spiro atoms. The molecule has 0 rings (SSSR count). The van der Waals surface area contributed by atoms with E-state index >= 15 is 0 Å². The zero-order valence-electron chi connectivity index (χ0n) is 8.04. The molecule has 0 aromatic carbocycles. The van der Waals surface area contributed by atoms with Gasteiger partial charge in [0.1, 0.15) is 0 Å². The van der Waals surface area contributed by atoms with Crippen LogP contribution >= 0.6 is 0 Å². The van der Waals surface area contributed by atoms with Gasteiger partial charge in [0.15, 0.2) is 0 Å². The maximum atomic E-state index is 8.64. The lowest BCUT2D eigenvalue weighted by molar-refractivity contribution is 0.110. The topological polar surface area (TPSA) is 26.7 Å². The highest BCUT2D eigenvalue weighted by Gasteiger charge is 2.11. The highest BCUT2D eigenvalue weighted by atomic mass is 16.2. The van der Waals surface area contributed by atoms with Crippen molar-refractivity contribution in [3.05, 3.63) is 0 Å². The zero-order chi connectivity index (χ0) is 8.85. The van der Waals surface area contributed by atoms with Crippen LogP contribution in [0.2, 0.25) is 0 Å². The second-order valence-corrected chi connectivity index (χ2v) is 3.27. The van der Waals surface area contributed by atoms with Crippen LogP contribution in [0.25, 0.3) is 0 Å². The lowest BCUT2D eigenvalue weighted by atomic mass is 10.2. The monoisotopic (exact) mass is 160 g/mol. The molecule has 1 N–H and O–H groups in total. The Labute approximate surface area is 69.6 Å². The standard InChI is InChI=1S/C8H20N2O/c1-9(2)8(10(3)4)6-5-7-11/h8,11H,5-7H2,1-4H3. The van der Waals surface area contributed by atoms with Gasteiger partial charge in [-0.2, -0.15) is 0 Å². The van der Waals surface area contributed by atoms with Gasteiger partial charge in [0.05, 0.1) is 6.17 Å². The Kier molecular flexibility index (Phi) is 5.46. The number of hydrogen-bond donors (Lipinski definition) is 1. The van der Waals surface area contributed by atoms with Gasteiger partial charge in [0, 0.05) is 6.61 Å². The number of hydrogen-bond acceptors (Lipinski definition) is 3. The van der Waals surface area contributed by atoms with Gasteiger partial charge in [-0.15, -0.1) is 0 Å². The van der Waals surface area contributed by atoms with Crippen molar-refractivity contribution in [1.82, 2.24) is 9.80 Å². The van der Waals surface area contributed by atoms with Crippen LogP contribution in [0.4, 0.5) is 0 Å². The maximum absolute atomic E-state index is 8.64. The second-order valence-electron chi connectivity index (χ2n) is 3.27. The fourth-order valence-corrected chi connectivity index (χ4v) is 1.25. The van der Waals surface area contributed by atoms with E-state index in [0.717, 1.165) is 12.8 Å². The van der Waals surface area contributed by atoms with Gasteiger partial charge >= 0.3 is 0 Å². The normalized spacial score (nSPS) is 12.0. The van der Waals surface area contributed by atoms with Gasteiger partial charge in [0.25, 0.3) is 0 Å². The molecule has 0 unspecified atom stereocenters. The third-order valence-corrected chi connectivity index (χ3v) is 1.81. The highest BCUT2D eigenvalue weighted by molar-refractivity contribution is 4.62. The molecule has 0 aliphatic rings. The van der Waals surface area contributed by atoms with Crippen LogP contribution in [-0.4, -0.2) is 55.9 Å². The Bertz CT molecular complexity index is 86.1. The van der Waals surface area contributed by atoms with Gasteiger partial charge in [-0.3, -0.25) is 9.80 Å². The minimum Gasteiger partial charge on any atom is -0.396 e. The van der Waals surface area contributed by atoms with Crippen molar-refractivity contribution in [1.29, 1.82) is 0 Å². The summed E-state index contributed by atoms with van der Waals surface area (Å²) in [7, 11) is 8.23. The molecule has 0 radical (unpaired) electrons. The summed E-state index contributed by atoms with van der Waals surface area (Å²) in [5.41, 5.74) is 0. The van der Waals surface area contributed by atoms with Crippen LogP contribution in [0.15, 0.2) is 0 Å². The summed E-state index contributed by atoms with van der Waals surface area (Å²) in [6.07, 6.45) is 2.35. The first-order valence-corrected chi connectivity index (χ1v) is 4.03. The lowest BCUT2D eigenvalue weighted by Gasteiger charge is -2.30. The largest absolute Gasteiger partial charge is 0.396 e.